The first-order valence-corrected chi connectivity index (χ1v) is 9.25. The molecule has 3 aromatic carbocycles. The molecule has 0 fully saturated rings. The molecule has 0 bridgehead atoms. The molecule has 0 amide bonds. The minimum Gasteiger partial charge on any atom is -0.308 e. The van der Waals surface area contributed by atoms with Gasteiger partial charge in [0.15, 0.2) is 0 Å². The number of aromatic nitrogens is 1. The van der Waals surface area contributed by atoms with Crippen LogP contribution in [0.3, 0.4) is 0 Å². The largest absolute Gasteiger partial charge is 0.308 e. The first kappa shape index (κ1) is 16.9. The maximum atomic E-state index is 15.6. The van der Waals surface area contributed by atoms with Crippen LogP contribution in [0.2, 0.25) is 0 Å². The summed E-state index contributed by atoms with van der Waals surface area (Å²) in [4.78, 5) is 0. The second-order valence-electron chi connectivity index (χ2n) is 8.41. The van der Waals surface area contributed by atoms with Crippen LogP contribution < -0.4 is 0 Å². The van der Waals surface area contributed by atoms with Gasteiger partial charge in [0.2, 0.25) is 0 Å². The zero-order chi connectivity index (χ0) is 19.8. The summed E-state index contributed by atoms with van der Waals surface area (Å²) in [5, 5.41) is 11.4. The van der Waals surface area contributed by atoms with E-state index in [0.29, 0.717) is 16.8 Å². The molecule has 0 spiro atoms. The number of halogens is 2. The fraction of sp³-hybridized carbons (Fsp3) is 0.208. The number of hydrogen-bond acceptors (Lipinski definition) is 1. The van der Waals surface area contributed by atoms with Crippen molar-refractivity contribution in [2.45, 2.75) is 32.1 Å². The smallest absolute Gasteiger partial charge is 0.302 e. The molecule has 2 nitrogen and oxygen atoms in total. The highest BCUT2D eigenvalue weighted by Crippen LogP contribution is 2.50. The summed E-state index contributed by atoms with van der Waals surface area (Å²) in [6.07, 6.45) is 0. The van der Waals surface area contributed by atoms with Gasteiger partial charge in [0.25, 0.3) is 0 Å². The van der Waals surface area contributed by atoms with E-state index in [0.717, 1.165) is 21.9 Å². The molecule has 138 valence electrons. The van der Waals surface area contributed by atoms with Crippen molar-refractivity contribution < 1.29 is 8.78 Å². The molecule has 1 aliphatic rings. The van der Waals surface area contributed by atoms with E-state index in [1.807, 2.05) is 55.7 Å². The molecule has 0 saturated heterocycles. The maximum absolute atomic E-state index is 15.6. The van der Waals surface area contributed by atoms with Gasteiger partial charge in [-0.25, -0.2) is 0 Å². The Labute approximate surface area is 161 Å². The number of alkyl halides is 2. The topological polar surface area (TPSA) is 28.7 Å². The Balaban J connectivity index is 2.05. The van der Waals surface area contributed by atoms with Gasteiger partial charge in [0, 0.05) is 10.8 Å². The van der Waals surface area contributed by atoms with Crippen LogP contribution in [0.25, 0.3) is 27.5 Å². The van der Waals surface area contributed by atoms with E-state index < -0.39 is 5.92 Å². The number of fused-ring (bicyclic) bond motifs is 5. The molecular formula is C24H18F2N2. The lowest BCUT2D eigenvalue weighted by Crippen LogP contribution is -2.25. The van der Waals surface area contributed by atoms with Crippen molar-refractivity contribution in [2.75, 3.05) is 0 Å². The third kappa shape index (κ3) is 1.99. The first-order valence-electron chi connectivity index (χ1n) is 9.25. The molecule has 0 saturated carbocycles. The van der Waals surface area contributed by atoms with Crippen LogP contribution in [0, 0.1) is 11.3 Å². The molecule has 0 unspecified atom stereocenters. The van der Waals surface area contributed by atoms with Crippen molar-refractivity contribution in [1.29, 1.82) is 5.26 Å². The molecule has 1 aliphatic heterocycles. The minimum absolute atomic E-state index is 0.0129. The number of para-hydroxylation sites is 2. The summed E-state index contributed by atoms with van der Waals surface area (Å²) in [7, 11) is 0. The van der Waals surface area contributed by atoms with Crippen molar-refractivity contribution in [3.05, 3.63) is 76.9 Å². The molecule has 2 heterocycles. The lowest BCUT2D eigenvalue weighted by atomic mass is 9.81. The second kappa shape index (κ2) is 5.20. The third-order valence-corrected chi connectivity index (χ3v) is 5.68. The standard InChI is InChI=1S/C24H18F2N2/c1-23(2,3)18-12-21-19(11-14(18)13-27)24(25,26)17-9-6-8-16-15-7-4-5-10-20(15)28(21)22(16)17/h4-12H,1-3H3. The van der Waals surface area contributed by atoms with Gasteiger partial charge in [-0.15, -0.1) is 0 Å². The van der Waals surface area contributed by atoms with E-state index in [4.69, 9.17) is 0 Å². The van der Waals surface area contributed by atoms with Gasteiger partial charge in [-0.1, -0.05) is 57.2 Å². The van der Waals surface area contributed by atoms with E-state index in [1.165, 1.54) is 12.1 Å². The Hall–Kier alpha value is -3.19. The summed E-state index contributed by atoms with van der Waals surface area (Å²) >= 11 is 0. The van der Waals surface area contributed by atoms with Gasteiger partial charge in [-0.2, -0.15) is 14.0 Å². The number of nitrogens with zero attached hydrogens (tertiary/aromatic N) is 2. The van der Waals surface area contributed by atoms with Crippen LogP contribution in [-0.2, 0) is 11.3 Å². The van der Waals surface area contributed by atoms with Crippen LogP contribution in [0.15, 0.2) is 54.6 Å². The van der Waals surface area contributed by atoms with E-state index in [2.05, 4.69) is 6.07 Å². The summed E-state index contributed by atoms with van der Waals surface area (Å²) < 4.78 is 33.1. The molecule has 5 rings (SSSR count). The third-order valence-electron chi connectivity index (χ3n) is 5.68. The number of hydrogen-bond donors (Lipinski definition) is 0. The molecule has 4 aromatic rings. The molecule has 1 aromatic heterocycles. The zero-order valence-corrected chi connectivity index (χ0v) is 15.8. The van der Waals surface area contributed by atoms with Gasteiger partial charge >= 0.3 is 5.92 Å². The molecule has 0 radical (unpaired) electrons. The summed E-state index contributed by atoms with van der Waals surface area (Å²) in [6.45, 7) is 5.98. The van der Waals surface area contributed by atoms with Crippen LogP contribution in [0.1, 0.15) is 43.0 Å². The Morgan fingerprint density at radius 3 is 2.36 bits per heavy atom. The summed E-state index contributed by atoms with van der Waals surface area (Å²) in [6, 6.07) is 18.1. The maximum Gasteiger partial charge on any atom is 0.302 e. The lowest BCUT2D eigenvalue weighted by molar-refractivity contribution is 0.0425. The fourth-order valence-corrected chi connectivity index (χ4v) is 4.41. The molecule has 0 N–H and O–H groups in total. The Morgan fingerprint density at radius 1 is 0.929 bits per heavy atom. The van der Waals surface area contributed by atoms with Crippen LogP contribution in [0.5, 0.6) is 0 Å². The Bertz CT molecular complexity index is 1330. The fourth-order valence-electron chi connectivity index (χ4n) is 4.41. The minimum atomic E-state index is -3.17. The normalized spacial score (nSPS) is 14.9. The number of benzene rings is 3. The quantitative estimate of drug-likeness (QED) is 0.351. The van der Waals surface area contributed by atoms with E-state index in [-0.39, 0.29) is 16.5 Å². The Morgan fingerprint density at radius 2 is 1.64 bits per heavy atom. The Kier molecular flexibility index (Phi) is 3.15. The predicted molar refractivity (Wildman–Crippen MR) is 107 cm³/mol. The van der Waals surface area contributed by atoms with Crippen molar-refractivity contribution in [1.82, 2.24) is 4.57 Å². The molecule has 4 heteroatoms. The highest BCUT2D eigenvalue weighted by atomic mass is 19.3. The van der Waals surface area contributed by atoms with Gasteiger partial charge in [0.05, 0.1) is 39.5 Å². The van der Waals surface area contributed by atoms with Gasteiger partial charge in [-0.3, -0.25) is 0 Å². The number of rotatable bonds is 0. The predicted octanol–water partition coefficient (Wildman–Crippen LogP) is 6.41. The summed E-state index contributed by atoms with van der Waals surface area (Å²) in [5.41, 5.74) is 2.51. The number of nitriles is 1. The van der Waals surface area contributed by atoms with Gasteiger partial charge in [0.1, 0.15) is 0 Å². The molecular weight excluding hydrogens is 354 g/mol. The average molecular weight is 372 g/mol. The van der Waals surface area contributed by atoms with Crippen LogP contribution in [-0.4, -0.2) is 4.57 Å². The van der Waals surface area contributed by atoms with E-state index in [1.54, 1.807) is 12.1 Å². The highest BCUT2D eigenvalue weighted by molar-refractivity contribution is 6.11. The molecule has 0 atom stereocenters. The van der Waals surface area contributed by atoms with Crippen LogP contribution in [0.4, 0.5) is 8.78 Å². The first-order chi connectivity index (χ1) is 13.2. The summed E-state index contributed by atoms with van der Waals surface area (Å²) in [5.74, 6) is -3.17. The average Bonchev–Trinajstić information content (AvgIpc) is 3.00. The van der Waals surface area contributed by atoms with E-state index >= 15 is 8.78 Å². The molecule has 0 aliphatic carbocycles. The van der Waals surface area contributed by atoms with Gasteiger partial charge < -0.3 is 4.57 Å². The molecule has 28 heavy (non-hydrogen) atoms. The van der Waals surface area contributed by atoms with Crippen LogP contribution >= 0.6 is 0 Å². The lowest BCUT2D eigenvalue weighted by Gasteiger charge is -2.31. The second-order valence-corrected chi connectivity index (χ2v) is 8.41. The zero-order valence-electron chi connectivity index (χ0n) is 15.8. The van der Waals surface area contributed by atoms with Crippen molar-refractivity contribution in [3.8, 4) is 11.8 Å². The highest BCUT2D eigenvalue weighted by Gasteiger charge is 2.44. The van der Waals surface area contributed by atoms with Crippen molar-refractivity contribution in [3.63, 3.8) is 0 Å². The van der Waals surface area contributed by atoms with Crippen molar-refractivity contribution in [2.24, 2.45) is 0 Å². The van der Waals surface area contributed by atoms with Crippen molar-refractivity contribution >= 4 is 21.8 Å². The van der Waals surface area contributed by atoms with Gasteiger partial charge in [-0.05, 0) is 29.2 Å². The van der Waals surface area contributed by atoms with E-state index in [9.17, 15) is 5.26 Å². The monoisotopic (exact) mass is 372 g/mol. The SMILES string of the molecule is CC(C)(C)c1cc2c(cc1C#N)C(F)(F)c1cccc3c4ccccc4n-2c13.